The Morgan fingerprint density at radius 1 is 0.900 bits per heavy atom. The lowest BCUT2D eigenvalue weighted by Crippen LogP contribution is -2.29. The smallest absolute Gasteiger partial charge is 0.253 e. The standard InChI is InChI=1S/C31H41Cl2FN4O2/c1-3-4-5-6-7-8-9-10-11-12-13-14-15-29(40-2)31(39)37-22-16-17-27-23(18-22)30(36-21-35-27)38-28-20-25(33)24(32)19-26(28)34/h16-21,29H,3-15H2,1-2H3,(H,37,39)(H,35,36,38). The van der Waals surface area contributed by atoms with Crippen molar-refractivity contribution in [2.75, 3.05) is 17.7 Å². The van der Waals surface area contributed by atoms with Crippen molar-refractivity contribution in [3.05, 3.63) is 52.5 Å². The van der Waals surface area contributed by atoms with Crippen LogP contribution in [0.15, 0.2) is 36.7 Å². The number of halogens is 3. The monoisotopic (exact) mass is 590 g/mol. The number of carbonyl (C=O) groups is 1. The first-order chi connectivity index (χ1) is 19.4. The minimum atomic E-state index is -0.564. The van der Waals surface area contributed by atoms with Crippen LogP contribution in [0.25, 0.3) is 10.9 Å². The molecule has 0 bridgehead atoms. The van der Waals surface area contributed by atoms with Crippen LogP contribution >= 0.6 is 23.2 Å². The summed E-state index contributed by atoms with van der Waals surface area (Å²) in [4.78, 5) is 21.5. The van der Waals surface area contributed by atoms with Crippen LogP contribution in [0.3, 0.4) is 0 Å². The molecule has 6 nitrogen and oxygen atoms in total. The van der Waals surface area contributed by atoms with Crippen molar-refractivity contribution in [3.63, 3.8) is 0 Å². The first kappa shape index (κ1) is 32.0. The molecule has 1 aromatic heterocycles. The summed E-state index contributed by atoms with van der Waals surface area (Å²) < 4.78 is 19.9. The van der Waals surface area contributed by atoms with Crippen molar-refractivity contribution in [3.8, 4) is 0 Å². The SMILES string of the molecule is CCCCCCCCCCCCCCC(OC)C(=O)Nc1ccc2ncnc(Nc3cc(Cl)c(Cl)cc3F)c2c1. The number of fused-ring (bicyclic) bond motifs is 1. The molecule has 2 N–H and O–H groups in total. The van der Waals surface area contributed by atoms with Crippen LogP contribution in [0.1, 0.15) is 90.4 Å². The first-order valence-electron chi connectivity index (χ1n) is 14.4. The number of hydrogen-bond acceptors (Lipinski definition) is 5. The van der Waals surface area contributed by atoms with Crippen LogP contribution in [0.5, 0.6) is 0 Å². The van der Waals surface area contributed by atoms with Crippen molar-refractivity contribution >= 4 is 57.2 Å². The summed E-state index contributed by atoms with van der Waals surface area (Å²) in [6.07, 6.45) is 16.7. The number of nitrogens with zero attached hydrogens (tertiary/aromatic N) is 2. The maximum absolute atomic E-state index is 14.4. The first-order valence-corrected chi connectivity index (χ1v) is 15.2. The number of hydrogen-bond donors (Lipinski definition) is 2. The largest absolute Gasteiger partial charge is 0.372 e. The average Bonchev–Trinajstić information content (AvgIpc) is 2.94. The topological polar surface area (TPSA) is 76.1 Å². The molecule has 0 spiro atoms. The van der Waals surface area contributed by atoms with Crippen molar-refractivity contribution < 1.29 is 13.9 Å². The zero-order valence-corrected chi connectivity index (χ0v) is 25.1. The van der Waals surface area contributed by atoms with Crippen molar-refractivity contribution in [1.82, 2.24) is 9.97 Å². The molecule has 0 fully saturated rings. The van der Waals surface area contributed by atoms with Crippen molar-refractivity contribution in [2.45, 2.75) is 96.5 Å². The van der Waals surface area contributed by atoms with E-state index in [0.29, 0.717) is 28.8 Å². The maximum atomic E-state index is 14.4. The fourth-order valence-electron chi connectivity index (χ4n) is 4.73. The molecule has 0 saturated heterocycles. The van der Waals surface area contributed by atoms with Gasteiger partial charge in [-0.25, -0.2) is 14.4 Å². The number of anilines is 3. The zero-order valence-electron chi connectivity index (χ0n) is 23.6. The highest BCUT2D eigenvalue weighted by Crippen LogP contribution is 2.32. The third-order valence-electron chi connectivity index (χ3n) is 7.06. The summed E-state index contributed by atoms with van der Waals surface area (Å²) in [6, 6.07) is 7.84. The minimum absolute atomic E-state index is 0.124. The molecule has 0 aliphatic heterocycles. The average molecular weight is 592 g/mol. The van der Waals surface area contributed by atoms with E-state index in [-0.39, 0.29) is 21.6 Å². The summed E-state index contributed by atoms with van der Waals surface area (Å²) in [7, 11) is 1.56. The molecule has 1 amide bonds. The Labute approximate surface area is 247 Å². The Balaban J connectivity index is 1.48. The van der Waals surface area contributed by atoms with Crippen LogP contribution in [0.4, 0.5) is 21.6 Å². The minimum Gasteiger partial charge on any atom is -0.372 e. The summed E-state index contributed by atoms with van der Waals surface area (Å²) in [5, 5.41) is 6.85. The van der Waals surface area contributed by atoms with Gasteiger partial charge in [0, 0.05) is 18.2 Å². The van der Waals surface area contributed by atoms with Gasteiger partial charge in [-0.1, -0.05) is 107 Å². The number of benzene rings is 2. The molecule has 3 rings (SSSR count). The fourth-order valence-corrected chi connectivity index (χ4v) is 5.04. The molecule has 1 heterocycles. The van der Waals surface area contributed by atoms with E-state index < -0.39 is 11.9 Å². The summed E-state index contributed by atoms with van der Waals surface area (Å²) in [6.45, 7) is 2.25. The number of unbranched alkanes of at least 4 members (excludes halogenated alkanes) is 11. The Hall–Kier alpha value is -2.48. The molecule has 9 heteroatoms. The maximum Gasteiger partial charge on any atom is 0.253 e. The normalized spacial score (nSPS) is 12.0. The molecule has 2 aromatic carbocycles. The second kappa shape index (κ2) is 17.4. The van der Waals surface area contributed by atoms with Gasteiger partial charge >= 0.3 is 0 Å². The molecule has 0 radical (unpaired) electrons. The van der Waals surface area contributed by atoms with Gasteiger partial charge in [0.05, 0.1) is 21.2 Å². The molecule has 0 aliphatic carbocycles. The highest BCUT2D eigenvalue weighted by molar-refractivity contribution is 6.42. The molecule has 0 aliphatic rings. The number of nitrogens with one attached hydrogen (secondary N) is 2. The van der Waals surface area contributed by atoms with Gasteiger partial charge in [-0.2, -0.15) is 0 Å². The van der Waals surface area contributed by atoms with Gasteiger partial charge in [-0.3, -0.25) is 4.79 Å². The van der Waals surface area contributed by atoms with E-state index >= 15 is 0 Å². The number of amides is 1. The number of aromatic nitrogens is 2. The second-order valence-electron chi connectivity index (χ2n) is 10.2. The lowest BCUT2D eigenvalue weighted by Gasteiger charge is -2.16. The molecule has 218 valence electrons. The quantitative estimate of drug-likeness (QED) is 0.114. The molecular formula is C31H41Cl2FN4O2. The van der Waals surface area contributed by atoms with Gasteiger partial charge in [0.1, 0.15) is 24.1 Å². The molecule has 40 heavy (non-hydrogen) atoms. The Bertz CT molecular complexity index is 1230. The third kappa shape index (κ3) is 10.2. The number of methoxy groups -OCH3 is 1. The lowest BCUT2D eigenvalue weighted by molar-refractivity contribution is -0.126. The highest BCUT2D eigenvalue weighted by Gasteiger charge is 2.18. The Morgan fingerprint density at radius 2 is 1.52 bits per heavy atom. The van der Waals surface area contributed by atoms with E-state index in [4.69, 9.17) is 27.9 Å². The van der Waals surface area contributed by atoms with E-state index in [1.165, 1.54) is 76.6 Å². The molecular weight excluding hydrogens is 550 g/mol. The second-order valence-corrected chi connectivity index (χ2v) is 11.0. The molecule has 0 saturated carbocycles. The highest BCUT2D eigenvalue weighted by atomic mass is 35.5. The van der Waals surface area contributed by atoms with E-state index in [9.17, 15) is 9.18 Å². The van der Waals surface area contributed by atoms with Crippen LogP contribution in [0.2, 0.25) is 10.0 Å². The summed E-state index contributed by atoms with van der Waals surface area (Å²) >= 11 is 12.0. The van der Waals surface area contributed by atoms with Gasteiger partial charge in [-0.05, 0) is 36.8 Å². The number of ether oxygens (including phenoxy) is 1. The van der Waals surface area contributed by atoms with E-state index in [0.717, 1.165) is 18.9 Å². The van der Waals surface area contributed by atoms with Gasteiger partial charge < -0.3 is 15.4 Å². The van der Waals surface area contributed by atoms with E-state index in [1.807, 2.05) is 0 Å². The predicted molar refractivity (Wildman–Crippen MR) is 164 cm³/mol. The van der Waals surface area contributed by atoms with E-state index in [1.54, 1.807) is 25.3 Å². The van der Waals surface area contributed by atoms with Gasteiger partial charge in [0.2, 0.25) is 0 Å². The van der Waals surface area contributed by atoms with Crippen molar-refractivity contribution in [1.29, 1.82) is 0 Å². The fraction of sp³-hybridized carbons (Fsp3) is 0.516. The van der Waals surface area contributed by atoms with Gasteiger partial charge in [-0.15, -0.1) is 0 Å². The van der Waals surface area contributed by atoms with E-state index in [2.05, 4.69) is 27.5 Å². The third-order valence-corrected chi connectivity index (χ3v) is 7.78. The Kier molecular flexibility index (Phi) is 13.9. The van der Waals surface area contributed by atoms with Crippen LogP contribution < -0.4 is 10.6 Å². The van der Waals surface area contributed by atoms with Gasteiger partial charge in [0.15, 0.2) is 0 Å². The summed E-state index contributed by atoms with van der Waals surface area (Å²) in [5.74, 6) is -0.392. The van der Waals surface area contributed by atoms with Gasteiger partial charge in [0.25, 0.3) is 5.91 Å². The molecule has 1 atom stereocenters. The zero-order chi connectivity index (χ0) is 28.7. The predicted octanol–water partition coefficient (Wildman–Crippen LogP) is 9.86. The number of rotatable bonds is 18. The van der Waals surface area contributed by atoms with Crippen LogP contribution in [-0.2, 0) is 9.53 Å². The Morgan fingerprint density at radius 3 is 2.17 bits per heavy atom. The van der Waals surface area contributed by atoms with Crippen LogP contribution in [-0.4, -0.2) is 29.1 Å². The van der Waals surface area contributed by atoms with Crippen LogP contribution in [0, 0.1) is 5.82 Å². The lowest BCUT2D eigenvalue weighted by atomic mass is 10.0. The molecule has 1 unspecified atom stereocenters. The summed E-state index contributed by atoms with van der Waals surface area (Å²) in [5.41, 5.74) is 1.34. The number of carbonyl (C=O) groups excluding carboxylic acids is 1. The molecule has 3 aromatic rings. The van der Waals surface area contributed by atoms with Crippen molar-refractivity contribution in [2.24, 2.45) is 0 Å².